The first-order valence-corrected chi connectivity index (χ1v) is 8.51. The van der Waals surface area contributed by atoms with Crippen molar-refractivity contribution in [2.75, 3.05) is 0 Å². The molecule has 0 aliphatic heterocycles. The molecular formula is C23H24IrNO2-. The fourth-order valence-electron chi connectivity index (χ4n) is 2.69. The summed E-state index contributed by atoms with van der Waals surface area (Å²) in [5, 5.41) is 9.57. The quantitative estimate of drug-likeness (QED) is 0.260. The molecule has 3 aromatic rings. The zero-order chi connectivity index (χ0) is 19.3. The van der Waals surface area contributed by atoms with Gasteiger partial charge in [0.2, 0.25) is 0 Å². The average molecular weight is 539 g/mol. The minimum absolute atomic E-state index is 0. The Hall–Kier alpha value is -2.29. The minimum Gasteiger partial charge on any atom is -0.512 e. The van der Waals surface area contributed by atoms with E-state index in [2.05, 4.69) is 63.2 Å². The van der Waals surface area contributed by atoms with Crippen LogP contribution >= 0.6 is 0 Å². The molecule has 143 valence electrons. The van der Waals surface area contributed by atoms with Crippen molar-refractivity contribution in [3.63, 3.8) is 0 Å². The summed E-state index contributed by atoms with van der Waals surface area (Å²) >= 11 is 0. The number of aryl methyl sites for hydroxylation is 3. The first-order valence-electron chi connectivity index (χ1n) is 8.51. The van der Waals surface area contributed by atoms with Crippen molar-refractivity contribution in [1.29, 1.82) is 0 Å². The van der Waals surface area contributed by atoms with Gasteiger partial charge in [-0.3, -0.25) is 9.78 Å². The van der Waals surface area contributed by atoms with Crippen LogP contribution in [0.1, 0.15) is 30.5 Å². The van der Waals surface area contributed by atoms with Gasteiger partial charge in [-0.2, -0.15) is 0 Å². The summed E-state index contributed by atoms with van der Waals surface area (Å²) in [5.41, 5.74) is 6.84. The van der Waals surface area contributed by atoms with Crippen LogP contribution in [0.25, 0.3) is 22.2 Å². The molecule has 0 spiro atoms. The largest absolute Gasteiger partial charge is 0.512 e. The van der Waals surface area contributed by atoms with Gasteiger partial charge >= 0.3 is 0 Å². The molecule has 0 unspecified atom stereocenters. The van der Waals surface area contributed by atoms with E-state index in [1.54, 1.807) is 0 Å². The Morgan fingerprint density at radius 2 is 1.70 bits per heavy atom. The molecular weight excluding hydrogens is 514 g/mol. The summed E-state index contributed by atoms with van der Waals surface area (Å²) in [7, 11) is 0. The van der Waals surface area contributed by atoms with Crippen molar-refractivity contribution in [3.8, 4) is 11.3 Å². The van der Waals surface area contributed by atoms with Crippen molar-refractivity contribution < 1.29 is 30.0 Å². The molecule has 0 saturated carbocycles. The van der Waals surface area contributed by atoms with Gasteiger partial charge in [0.05, 0.1) is 11.3 Å². The van der Waals surface area contributed by atoms with E-state index < -0.39 is 0 Å². The maximum absolute atomic E-state index is 10.0. The van der Waals surface area contributed by atoms with Crippen LogP contribution in [-0.2, 0) is 24.9 Å². The minimum atomic E-state index is -0.125. The first kappa shape index (κ1) is 22.7. The molecule has 1 heterocycles. The van der Waals surface area contributed by atoms with Gasteiger partial charge in [-0.25, -0.2) is 0 Å². The normalized spacial score (nSPS) is 10.6. The Morgan fingerprint density at radius 1 is 1.04 bits per heavy atom. The number of rotatable bonds is 2. The molecule has 0 fully saturated rings. The molecule has 4 heteroatoms. The number of ketones is 1. The number of nitrogens with zero attached hydrogens (tertiary/aromatic N) is 1. The molecule has 27 heavy (non-hydrogen) atoms. The molecule has 1 N–H and O–H groups in total. The monoisotopic (exact) mass is 539 g/mol. The van der Waals surface area contributed by atoms with Crippen LogP contribution in [0.4, 0.5) is 0 Å². The Labute approximate surface area is 174 Å². The zero-order valence-corrected chi connectivity index (χ0v) is 18.6. The van der Waals surface area contributed by atoms with Crippen LogP contribution < -0.4 is 0 Å². The molecule has 0 saturated heterocycles. The van der Waals surface area contributed by atoms with E-state index in [0.717, 1.165) is 16.8 Å². The smallest absolute Gasteiger partial charge is 0.155 e. The van der Waals surface area contributed by atoms with E-state index in [0.29, 0.717) is 0 Å². The Kier molecular flexibility index (Phi) is 8.55. The van der Waals surface area contributed by atoms with Gasteiger partial charge in [-0.1, -0.05) is 30.2 Å². The third-order valence-electron chi connectivity index (χ3n) is 3.79. The molecule has 0 bridgehead atoms. The maximum Gasteiger partial charge on any atom is 0.155 e. The van der Waals surface area contributed by atoms with Crippen LogP contribution in [0.2, 0.25) is 0 Å². The molecule has 1 radical (unpaired) electrons. The molecule has 2 aromatic carbocycles. The summed E-state index contributed by atoms with van der Waals surface area (Å²) < 4.78 is 0. The van der Waals surface area contributed by atoms with E-state index >= 15 is 0 Å². The summed E-state index contributed by atoms with van der Waals surface area (Å²) in [6.45, 7) is 9.16. The molecule has 3 rings (SSSR count). The number of benzene rings is 2. The number of pyridine rings is 1. The fourth-order valence-corrected chi connectivity index (χ4v) is 2.69. The van der Waals surface area contributed by atoms with Crippen LogP contribution in [0.15, 0.2) is 54.3 Å². The third-order valence-corrected chi connectivity index (χ3v) is 3.79. The van der Waals surface area contributed by atoms with Crippen molar-refractivity contribution in [2.24, 2.45) is 0 Å². The number of hydrogen-bond acceptors (Lipinski definition) is 3. The van der Waals surface area contributed by atoms with Gasteiger partial charge in [0.25, 0.3) is 0 Å². The SMILES string of the molecule is CC(=O)/C=C(/C)O.Cc1cc[c-]c(-c2nc3ccc(C)cc3cc2C)c1.[Ir]. The summed E-state index contributed by atoms with van der Waals surface area (Å²) in [6.07, 6.45) is 1.17. The van der Waals surface area contributed by atoms with Crippen LogP contribution in [0, 0.1) is 26.8 Å². The van der Waals surface area contributed by atoms with E-state index in [-0.39, 0.29) is 31.6 Å². The van der Waals surface area contributed by atoms with Crippen molar-refractivity contribution in [3.05, 3.63) is 77.1 Å². The fraction of sp³-hybridized carbons (Fsp3) is 0.217. The Bertz CT molecular complexity index is 973. The van der Waals surface area contributed by atoms with Crippen molar-refractivity contribution >= 4 is 16.7 Å². The molecule has 1 aromatic heterocycles. The van der Waals surface area contributed by atoms with Crippen molar-refractivity contribution in [1.82, 2.24) is 4.98 Å². The summed E-state index contributed by atoms with van der Waals surface area (Å²) in [5.74, 6) is -0.0625. The Balaban J connectivity index is 0.000000395. The third kappa shape index (κ3) is 6.74. The van der Waals surface area contributed by atoms with E-state index in [1.807, 2.05) is 6.07 Å². The summed E-state index contributed by atoms with van der Waals surface area (Å²) in [4.78, 5) is 14.8. The number of hydrogen-bond donors (Lipinski definition) is 1. The molecule has 0 aliphatic carbocycles. The molecule has 0 amide bonds. The number of aromatic nitrogens is 1. The number of aliphatic hydroxyl groups excluding tert-OH is 1. The maximum atomic E-state index is 10.0. The predicted molar refractivity (Wildman–Crippen MR) is 107 cm³/mol. The summed E-state index contributed by atoms with van der Waals surface area (Å²) in [6, 6.07) is 18.0. The van der Waals surface area contributed by atoms with E-state index in [4.69, 9.17) is 10.1 Å². The second-order valence-corrected chi connectivity index (χ2v) is 6.53. The van der Waals surface area contributed by atoms with Crippen LogP contribution in [0.5, 0.6) is 0 Å². The number of carbonyl (C=O) groups is 1. The standard InChI is InChI=1S/C18H16N.C5H8O2.Ir/c1-12-5-4-6-15(9-12)18-14(3)11-16-10-13(2)7-8-17(16)19-18;1-4(6)3-5(2)7;/h4-5,7-11H,1-3H3;3,6H,1-2H3;/q-1;;/b;4-3-;. The second kappa shape index (κ2) is 10.1. The number of aliphatic hydroxyl groups is 1. The van der Waals surface area contributed by atoms with Crippen LogP contribution in [0.3, 0.4) is 0 Å². The van der Waals surface area contributed by atoms with E-state index in [1.165, 1.54) is 42.0 Å². The first-order chi connectivity index (χ1) is 12.3. The molecule has 3 nitrogen and oxygen atoms in total. The molecule has 0 atom stereocenters. The topological polar surface area (TPSA) is 50.2 Å². The number of fused-ring (bicyclic) bond motifs is 1. The number of allylic oxidation sites excluding steroid dienone is 2. The van der Waals surface area contributed by atoms with E-state index in [9.17, 15) is 4.79 Å². The van der Waals surface area contributed by atoms with Crippen LogP contribution in [-0.4, -0.2) is 15.9 Å². The zero-order valence-electron chi connectivity index (χ0n) is 16.3. The van der Waals surface area contributed by atoms with Gasteiger partial charge in [-0.05, 0) is 50.9 Å². The molecule has 0 aliphatic rings. The van der Waals surface area contributed by atoms with Gasteiger partial charge in [0.15, 0.2) is 5.78 Å². The number of carbonyl (C=O) groups excluding carboxylic acids is 1. The van der Waals surface area contributed by atoms with Gasteiger partial charge in [-0.15, -0.1) is 35.4 Å². The van der Waals surface area contributed by atoms with Crippen molar-refractivity contribution in [2.45, 2.75) is 34.6 Å². The van der Waals surface area contributed by atoms with Gasteiger partial charge in [0.1, 0.15) is 0 Å². The van der Waals surface area contributed by atoms with Gasteiger partial charge < -0.3 is 5.11 Å². The second-order valence-electron chi connectivity index (χ2n) is 6.53. The van der Waals surface area contributed by atoms with Gasteiger partial charge in [0, 0.05) is 26.2 Å². The average Bonchev–Trinajstić information content (AvgIpc) is 2.53. The predicted octanol–water partition coefficient (Wildman–Crippen LogP) is 5.66. The Morgan fingerprint density at radius 3 is 2.26 bits per heavy atom.